The number of fused-ring (bicyclic) bond motifs is 2. The minimum absolute atomic E-state index is 0.0135. The van der Waals surface area contributed by atoms with Crippen molar-refractivity contribution in [3.63, 3.8) is 0 Å². The molecular weight excluding hydrogens is 749 g/mol. The van der Waals surface area contributed by atoms with Gasteiger partial charge in [0.1, 0.15) is 34.6 Å². The molecule has 4 fully saturated rings. The third-order valence-electron chi connectivity index (χ3n) is 10.9. The summed E-state index contributed by atoms with van der Waals surface area (Å²) in [6.45, 7) is 1.85. The van der Waals surface area contributed by atoms with Crippen molar-refractivity contribution in [1.82, 2.24) is 14.7 Å². The van der Waals surface area contributed by atoms with Gasteiger partial charge in [-0.3, -0.25) is 19.2 Å². The Morgan fingerprint density at radius 3 is 1.88 bits per heavy atom. The molecule has 0 unspecified atom stereocenters. The maximum atomic E-state index is 12.8. The first kappa shape index (κ1) is 37.0. The summed E-state index contributed by atoms with van der Waals surface area (Å²) < 4.78 is 46.1. The lowest BCUT2D eigenvalue weighted by Crippen LogP contribution is -2.42. The van der Waals surface area contributed by atoms with Crippen LogP contribution in [0.15, 0.2) is 70.0 Å². The fourth-order valence-electron chi connectivity index (χ4n) is 7.83. The summed E-state index contributed by atoms with van der Waals surface area (Å²) in [7, 11) is -4.88. The van der Waals surface area contributed by atoms with Crippen LogP contribution in [-0.2, 0) is 48.6 Å². The number of piperidine rings is 2. The number of hydrogen-bond donors (Lipinski definition) is 0. The van der Waals surface area contributed by atoms with Crippen molar-refractivity contribution in [2.75, 3.05) is 31.1 Å². The van der Waals surface area contributed by atoms with Crippen molar-refractivity contribution in [1.29, 1.82) is 0 Å². The van der Waals surface area contributed by atoms with Crippen molar-refractivity contribution in [3.05, 3.63) is 66.0 Å². The number of nitrogens with zero attached hydrogens (tertiary/aromatic N) is 4. The molecule has 0 radical (unpaired) electrons. The second kappa shape index (κ2) is 14.6. The van der Waals surface area contributed by atoms with Crippen molar-refractivity contribution >= 4 is 62.3 Å². The van der Waals surface area contributed by atoms with Crippen LogP contribution in [0.4, 0.5) is 5.69 Å². The van der Waals surface area contributed by atoms with Crippen molar-refractivity contribution in [3.8, 4) is 22.5 Å². The molecule has 1 aliphatic carbocycles. The molecule has 0 spiro atoms. The van der Waals surface area contributed by atoms with Gasteiger partial charge in [-0.2, -0.15) is 0 Å². The van der Waals surface area contributed by atoms with E-state index < -0.39 is 57.5 Å². The average molecular weight is 785 g/mol. The third kappa shape index (κ3) is 7.03. The molecule has 17 heteroatoms. The summed E-state index contributed by atoms with van der Waals surface area (Å²) in [4.78, 5) is 85.4. The van der Waals surface area contributed by atoms with Crippen LogP contribution >= 0.6 is 0 Å². The zero-order valence-corrected chi connectivity index (χ0v) is 30.8. The molecule has 2 aromatic carbocycles. The predicted molar refractivity (Wildman–Crippen MR) is 193 cm³/mol. The molecule has 0 atom stereocenters. The number of hydroxylamine groups is 4. The summed E-state index contributed by atoms with van der Waals surface area (Å²) in [6.07, 6.45) is 1.70. The normalized spacial score (nSPS) is 19.8. The van der Waals surface area contributed by atoms with E-state index in [4.69, 9.17) is 14.1 Å². The number of hydrogen-bond acceptors (Lipinski definition) is 13. The fraction of sp³-hybridized carbons (Fsp3) is 0.359. The number of carbonyl (C=O) groups is 6. The Bertz CT molecular complexity index is 2440. The van der Waals surface area contributed by atoms with Crippen LogP contribution in [0.1, 0.15) is 51.4 Å². The maximum Gasteiger partial charge on any atom is 0.336 e. The van der Waals surface area contributed by atoms with Crippen LogP contribution in [0.2, 0.25) is 0 Å². The third-order valence-corrected chi connectivity index (χ3v) is 11.8. The van der Waals surface area contributed by atoms with E-state index in [9.17, 15) is 41.7 Å². The van der Waals surface area contributed by atoms with Gasteiger partial charge in [-0.1, -0.05) is 18.2 Å². The molecule has 56 heavy (non-hydrogen) atoms. The minimum Gasteiger partial charge on any atom is -0.744 e. The van der Waals surface area contributed by atoms with E-state index in [1.54, 1.807) is 12.1 Å². The summed E-state index contributed by atoms with van der Waals surface area (Å²) >= 11 is 0. The van der Waals surface area contributed by atoms with Crippen LogP contribution in [0, 0.1) is 11.8 Å². The van der Waals surface area contributed by atoms with Crippen molar-refractivity contribution in [2.24, 2.45) is 11.8 Å². The van der Waals surface area contributed by atoms with E-state index in [2.05, 4.69) is 9.48 Å². The van der Waals surface area contributed by atoms with Crippen LogP contribution in [-0.4, -0.2) is 84.8 Å². The Morgan fingerprint density at radius 1 is 0.714 bits per heavy atom. The molecular formula is C39H36N4O12S. The number of rotatable bonds is 7. The van der Waals surface area contributed by atoms with Gasteiger partial charge in [-0.25, -0.2) is 22.6 Å². The van der Waals surface area contributed by atoms with Gasteiger partial charge in [0, 0.05) is 91.5 Å². The SMILES string of the molecule is O=C(ON1C(=O)CCC1=O)C1CCN(c2ccc3c(-c4ccccc4S(=O)(=O)[O-])c4ccc(=[N+]5CCC(C(=O)ON6C(=O)CCC6=O)CC5)cc-4oc3c2)CC1. The number of anilines is 1. The molecule has 8 rings (SSSR count). The second-order valence-electron chi connectivity index (χ2n) is 14.3. The zero-order valence-electron chi connectivity index (χ0n) is 30.0. The highest BCUT2D eigenvalue weighted by Crippen LogP contribution is 2.43. The molecule has 0 saturated carbocycles. The van der Waals surface area contributed by atoms with Gasteiger partial charge in [0.25, 0.3) is 23.6 Å². The molecule has 2 aromatic rings. The summed E-state index contributed by atoms with van der Waals surface area (Å²) in [5.74, 6) is -3.98. The van der Waals surface area contributed by atoms with Gasteiger partial charge in [-0.15, -0.1) is 10.1 Å². The lowest BCUT2D eigenvalue weighted by Gasteiger charge is -2.33. The summed E-state index contributed by atoms with van der Waals surface area (Å²) in [6, 6.07) is 17.0. The molecule has 4 saturated heterocycles. The standard InChI is InChI=1S/C39H36N4O12S/c44-33-9-10-34(45)42(33)54-38(48)23-13-17-40(18-14-23)25-5-7-27-30(21-25)53-31-22-26(6-8-28(31)37(27)29-3-1-2-4-32(29)56(50,51)52)41-19-15-24(16-20-41)39(49)55-43-35(46)11-12-36(43)47/h1-8,21-24H,9-20H2. The first-order valence-corrected chi connectivity index (χ1v) is 19.8. The first-order valence-electron chi connectivity index (χ1n) is 18.4. The number of benzene rings is 3. The first-order chi connectivity index (χ1) is 26.9. The van der Waals surface area contributed by atoms with Gasteiger partial charge in [-0.05, 0) is 37.1 Å². The Balaban J connectivity index is 1.10. The predicted octanol–water partition coefficient (Wildman–Crippen LogP) is 2.72. The van der Waals surface area contributed by atoms with E-state index in [-0.39, 0.29) is 36.1 Å². The highest BCUT2D eigenvalue weighted by Gasteiger charge is 2.38. The molecule has 0 aromatic heterocycles. The molecule has 5 aliphatic heterocycles. The Kier molecular flexibility index (Phi) is 9.66. The second-order valence-corrected chi connectivity index (χ2v) is 15.6. The Labute approximate surface area is 319 Å². The van der Waals surface area contributed by atoms with Gasteiger partial charge < -0.3 is 23.5 Å². The van der Waals surface area contributed by atoms with Gasteiger partial charge >= 0.3 is 11.9 Å². The summed E-state index contributed by atoms with van der Waals surface area (Å²) in [5, 5.41) is 2.46. The van der Waals surface area contributed by atoms with E-state index in [1.165, 1.54) is 12.1 Å². The number of amides is 4. The summed E-state index contributed by atoms with van der Waals surface area (Å²) in [5.41, 5.74) is 2.47. The largest absolute Gasteiger partial charge is 0.744 e. The molecule has 0 bridgehead atoms. The lowest BCUT2D eigenvalue weighted by atomic mass is 9.93. The van der Waals surface area contributed by atoms with Crippen LogP contribution in [0.25, 0.3) is 33.4 Å². The highest BCUT2D eigenvalue weighted by molar-refractivity contribution is 7.85. The molecule has 290 valence electrons. The Hall–Kier alpha value is -5.94. The molecule has 6 aliphatic rings. The zero-order chi connectivity index (χ0) is 39.3. The van der Waals surface area contributed by atoms with E-state index >= 15 is 0 Å². The quantitative estimate of drug-likeness (QED) is 0.115. The molecule has 16 nitrogen and oxygen atoms in total. The van der Waals surface area contributed by atoms with E-state index in [0.717, 1.165) is 11.0 Å². The van der Waals surface area contributed by atoms with Crippen molar-refractivity contribution in [2.45, 2.75) is 56.3 Å². The lowest BCUT2D eigenvalue weighted by molar-refractivity contribution is -0.201. The van der Waals surface area contributed by atoms with Crippen LogP contribution in [0.5, 0.6) is 0 Å². The number of imide groups is 2. The molecule has 5 heterocycles. The fourth-order valence-corrected chi connectivity index (χ4v) is 8.52. The van der Waals surface area contributed by atoms with Gasteiger partial charge in [0.05, 0.1) is 22.8 Å². The topological polar surface area (TPSA) is 204 Å². The van der Waals surface area contributed by atoms with Gasteiger partial charge in [0.2, 0.25) is 5.36 Å². The van der Waals surface area contributed by atoms with Crippen LogP contribution < -0.4 is 14.8 Å². The minimum atomic E-state index is -4.88. The monoisotopic (exact) mass is 784 g/mol. The van der Waals surface area contributed by atoms with Gasteiger partial charge in [0.15, 0.2) is 0 Å². The average Bonchev–Trinajstić information content (AvgIpc) is 3.69. The molecule has 0 N–H and O–H groups in total. The smallest absolute Gasteiger partial charge is 0.336 e. The maximum absolute atomic E-state index is 12.8. The van der Waals surface area contributed by atoms with Crippen LogP contribution in [0.3, 0.4) is 0 Å². The highest BCUT2D eigenvalue weighted by atomic mass is 32.2. The van der Waals surface area contributed by atoms with Crippen molar-refractivity contribution < 1.29 is 55.8 Å². The Morgan fingerprint density at radius 2 is 1.29 bits per heavy atom. The molecule has 4 amide bonds. The van der Waals surface area contributed by atoms with E-state index in [1.807, 2.05) is 36.4 Å². The van der Waals surface area contributed by atoms with E-state index in [0.29, 0.717) is 89.8 Å². The number of carbonyl (C=O) groups excluding carboxylic acids is 6.